The number of hydrogen-bond donors (Lipinski definition) is 1. The molecule has 0 aromatic heterocycles. The lowest BCUT2D eigenvalue weighted by molar-refractivity contribution is -0.149. The van der Waals surface area contributed by atoms with Crippen molar-refractivity contribution in [1.82, 2.24) is 0 Å². The maximum atomic E-state index is 11.4. The summed E-state index contributed by atoms with van der Waals surface area (Å²) in [6, 6.07) is 7.43. The standard InChI is InChI=1S/C11H13NO3/c1-7-10(11(13)14-2)15-9-6-4-3-5-8(9)12-7/h3-7,10,12H,1-2H3/t7-,10+/m1/s1. The van der Waals surface area contributed by atoms with E-state index < -0.39 is 6.10 Å². The number of carbonyl (C=O) groups excluding carboxylic acids is 1. The van der Waals surface area contributed by atoms with Gasteiger partial charge in [0.05, 0.1) is 18.8 Å². The molecule has 80 valence electrons. The molecule has 2 rings (SSSR count). The van der Waals surface area contributed by atoms with Gasteiger partial charge < -0.3 is 14.8 Å². The SMILES string of the molecule is COC(=O)[C@H]1Oc2ccccc2N[C@@H]1C. The van der Waals surface area contributed by atoms with Crippen LogP contribution in [0.4, 0.5) is 5.69 Å². The van der Waals surface area contributed by atoms with Crippen molar-refractivity contribution in [3.05, 3.63) is 24.3 Å². The second-order valence-corrected chi connectivity index (χ2v) is 3.49. The molecule has 1 aliphatic heterocycles. The summed E-state index contributed by atoms with van der Waals surface area (Å²) in [5.41, 5.74) is 0.908. The van der Waals surface area contributed by atoms with Crippen LogP contribution in [0.2, 0.25) is 0 Å². The van der Waals surface area contributed by atoms with E-state index >= 15 is 0 Å². The Morgan fingerprint density at radius 2 is 2.20 bits per heavy atom. The average molecular weight is 207 g/mol. The number of esters is 1. The minimum atomic E-state index is -0.579. The van der Waals surface area contributed by atoms with Crippen molar-refractivity contribution in [3.8, 4) is 5.75 Å². The van der Waals surface area contributed by atoms with Crippen LogP contribution in [0.25, 0.3) is 0 Å². The predicted octanol–water partition coefficient (Wildman–Crippen LogP) is 1.42. The molecule has 1 heterocycles. The molecule has 4 nitrogen and oxygen atoms in total. The summed E-state index contributed by atoms with van der Waals surface area (Å²) in [5, 5.41) is 3.20. The van der Waals surface area contributed by atoms with Gasteiger partial charge in [-0.05, 0) is 19.1 Å². The summed E-state index contributed by atoms with van der Waals surface area (Å²) in [6.45, 7) is 1.89. The first-order chi connectivity index (χ1) is 7.22. The number of anilines is 1. The van der Waals surface area contributed by atoms with Crippen LogP contribution < -0.4 is 10.1 Å². The molecule has 0 bridgehead atoms. The van der Waals surface area contributed by atoms with Crippen LogP contribution in [-0.4, -0.2) is 25.2 Å². The fraction of sp³-hybridized carbons (Fsp3) is 0.364. The molecule has 4 heteroatoms. The van der Waals surface area contributed by atoms with Crippen molar-refractivity contribution < 1.29 is 14.3 Å². The van der Waals surface area contributed by atoms with Gasteiger partial charge in [0.1, 0.15) is 5.75 Å². The molecule has 0 fully saturated rings. The van der Waals surface area contributed by atoms with Crippen molar-refractivity contribution >= 4 is 11.7 Å². The van der Waals surface area contributed by atoms with E-state index in [1.807, 2.05) is 31.2 Å². The molecule has 0 unspecified atom stereocenters. The van der Waals surface area contributed by atoms with E-state index in [1.165, 1.54) is 7.11 Å². The third-order valence-electron chi connectivity index (χ3n) is 2.41. The Morgan fingerprint density at radius 3 is 2.93 bits per heavy atom. The van der Waals surface area contributed by atoms with Gasteiger partial charge in [-0.15, -0.1) is 0 Å². The molecule has 1 N–H and O–H groups in total. The minimum Gasteiger partial charge on any atom is -0.474 e. The number of benzene rings is 1. The first-order valence-corrected chi connectivity index (χ1v) is 4.82. The summed E-state index contributed by atoms with van der Waals surface area (Å²) in [5.74, 6) is 0.329. The zero-order valence-corrected chi connectivity index (χ0v) is 8.69. The molecule has 15 heavy (non-hydrogen) atoms. The number of para-hydroxylation sites is 2. The Bertz CT molecular complexity index is 378. The maximum Gasteiger partial charge on any atom is 0.349 e. The summed E-state index contributed by atoms with van der Waals surface area (Å²) in [4.78, 5) is 11.4. The van der Waals surface area contributed by atoms with Gasteiger partial charge in [-0.3, -0.25) is 0 Å². The highest BCUT2D eigenvalue weighted by atomic mass is 16.6. The molecule has 1 aromatic rings. The topological polar surface area (TPSA) is 47.6 Å². The van der Waals surface area contributed by atoms with Gasteiger partial charge >= 0.3 is 5.97 Å². The van der Waals surface area contributed by atoms with E-state index in [9.17, 15) is 4.79 Å². The first-order valence-electron chi connectivity index (χ1n) is 4.82. The monoisotopic (exact) mass is 207 g/mol. The number of nitrogens with one attached hydrogen (secondary N) is 1. The third-order valence-corrected chi connectivity index (χ3v) is 2.41. The van der Waals surface area contributed by atoms with E-state index in [1.54, 1.807) is 0 Å². The van der Waals surface area contributed by atoms with Crippen molar-refractivity contribution in [2.24, 2.45) is 0 Å². The summed E-state index contributed by atoms with van der Waals surface area (Å²) >= 11 is 0. The zero-order chi connectivity index (χ0) is 10.8. The summed E-state index contributed by atoms with van der Waals surface area (Å²) in [6.07, 6.45) is -0.579. The average Bonchev–Trinajstić information content (AvgIpc) is 2.27. The lowest BCUT2D eigenvalue weighted by Gasteiger charge is -2.30. The lowest BCUT2D eigenvalue weighted by atomic mass is 10.1. The van der Waals surface area contributed by atoms with Crippen molar-refractivity contribution in [2.75, 3.05) is 12.4 Å². The quantitative estimate of drug-likeness (QED) is 0.707. The number of hydrogen-bond acceptors (Lipinski definition) is 4. The molecule has 0 spiro atoms. The van der Waals surface area contributed by atoms with Crippen LogP contribution in [0, 0.1) is 0 Å². The van der Waals surface area contributed by atoms with Gasteiger partial charge in [0, 0.05) is 0 Å². The smallest absolute Gasteiger partial charge is 0.349 e. The molecule has 0 saturated carbocycles. The molecular formula is C11H13NO3. The van der Waals surface area contributed by atoms with Crippen LogP contribution in [0.1, 0.15) is 6.92 Å². The van der Waals surface area contributed by atoms with Gasteiger partial charge in [-0.2, -0.15) is 0 Å². The highest BCUT2D eigenvalue weighted by Crippen LogP contribution is 2.30. The van der Waals surface area contributed by atoms with Crippen molar-refractivity contribution in [1.29, 1.82) is 0 Å². The Balaban J connectivity index is 2.25. The van der Waals surface area contributed by atoms with Gasteiger partial charge in [-0.1, -0.05) is 12.1 Å². The second kappa shape index (κ2) is 3.81. The van der Waals surface area contributed by atoms with Gasteiger partial charge in [0.25, 0.3) is 0 Å². The molecule has 0 saturated heterocycles. The predicted molar refractivity (Wildman–Crippen MR) is 56.0 cm³/mol. The van der Waals surface area contributed by atoms with Crippen LogP contribution in [0.5, 0.6) is 5.75 Å². The fourth-order valence-corrected chi connectivity index (χ4v) is 1.62. The van der Waals surface area contributed by atoms with E-state index in [-0.39, 0.29) is 12.0 Å². The molecule has 0 amide bonds. The normalized spacial score (nSPS) is 23.3. The number of carbonyl (C=O) groups is 1. The Labute approximate surface area is 88.2 Å². The van der Waals surface area contributed by atoms with E-state index in [2.05, 4.69) is 10.1 Å². The summed E-state index contributed by atoms with van der Waals surface area (Å²) in [7, 11) is 1.36. The fourth-order valence-electron chi connectivity index (χ4n) is 1.62. The molecule has 1 aliphatic rings. The highest BCUT2D eigenvalue weighted by Gasteiger charge is 2.32. The van der Waals surface area contributed by atoms with E-state index in [0.717, 1.165) is 5.69 Å². The van der Waals surface area contributed by atoms with Gasteiger partial charge in [-0.25, -0.2) is 4.79 Å². The number of rotatable bonds is 1. The molecular weight excluding hydrogens is 194 g/mol. The number of ether oxygens (including phenoxy) is 2. The Hall–Kier alpha value is -1.71. The Kier molecular flexibility index (Phi) is 2.49. The minimum absolute atomic E-state index is 0.0904. The lowest BCUT2D eigenvalue weighted by Crippen LogP contribution is -2.45. The van der Waals surface area contributed by atoms with Crippen LogP contribution in [0.15, 0.2) is 24.3 Å². The Morgan fingerprint density at radius 1 is 1.47 bits per heavy atom. The molecule has 2 atom stereocenters. The number of methoxy groups -OCH3 is 1. The second-order valence-electron chi connectivity index (χ2n) is 3.49. The van der Waals surface area contributed by atoms with Crippen molar-refractivity contribution in [3.63, 3.8) is 0 Å². The largest absolute Gasteiger partial charge is 0.474 e. The maximum absolute atomic E-state index is 11.4. The molecule has 0 radical (unpaired) electrons. The van der Waals surface area contributed by atoms with Gasteiger partial charge in [0.15, 0.2) is 0 Å². The highest BCUT2D eigenvalue weighted by molar-refractivity contribution is 5.78. The van der Waals surface area contributed by atoms with Crippen LogP contribution in [-0.2, 0) is 9.53 Å². The third kappa shape index (κ3) is 1.75. The van der Waals surface area contributed by atoms with Crippen LogP contribution >= 0.6 is 0 Å². The zero-order valence-electron chi connectivity index (χ0n) is 8.69. The van der Waals surface area contributed by atoms with E-state index in [4.69, 9.17) is 4.74 Å². The molecule has 0 aliphatic carbocycles. The summed E-state index contributed by atoms with van der Waals surface area (Å²) < 4.78 is 10.2. The first kappa shape index (κ1) is 9.83. The van der Waals surface area contributed by atoms with Crippen molar-refractivity contribution in [2.45, 2.75) is 19.1 Å². The van der Waals surface area contributed by atoms with E-state index in [0.29, 0.717) is 5.75 Å². The molecule has 1 aromatic carbocycles. The van der Waals surface area contributed by atoms with Crippen LogP contribution in [0.3, 0.4) is 0 Å². The number of fused-ring (bicyclic) bond motifs is 1. The van der Waals surface area contributed by atoms with Gasteiger partial charge in [0.2, 0.25) is 6.10 Å².